The number of hydrogen-bond donors (Lipinski definition) is 4. The molecule has 320 valence electrons. The van der Waals surface area contributed by atoms with Crippen molar-refractivity contribution in [1.29, 1.82) is 0 Å². The maximum atomic E-state index is 13.8. The van der Waals surface area contributed by atoms with Crippen LogP contribution in [0.5, 0.6) is 0 Å². The summed E-state index contributed by atoms with van der Waals surface area (Å²) in [5.74, 6) is 2.76. The zero-order valence-corrected chi connectivity index (χ0v) is 36.5. The summed E-state index contributed by atoms with van der Waals surface area (Å²) in [5, 5.41) is 5.50. The maximum Gasteiger partial charge on any atom is 0.407 e. The lowest BCUT2D eigenvalue weighted by Crippen LogP contribution is -2.48. The standard InChI is InChI=1S/C44H56N8O6S2/c1-57-43(55)49-33(17-21-59-3)41(53)51-19-5-7-37(51)39-45-25-35(47-39)31-23-27-9-13-29(31)15-11-28-10-14-30(16-12-27)32(24-28)36-26-46-40(48-36)38-8-6-20-52(38)42(54)34(18-22-60-4)50-44(56)58-2/h9-10,13-14,23-26,33-34,37-38H,5-8,11-12,15-22H2,1-4H3,(H,45,47)(H,46,48)(H,49,55)(H,50,56)/t33-,34-,37-,38-/m0/s1. The van der Waals surface area contributed by atoms with Gasteiger partial charge in [-0.2, -0.15) is 23.5 Å². The highest BCUT2D eigenvalue weighted by atomic mass is 32.2. The van der Waals surface area contributed by atoms with E-state index >= 15 is 0 Å². The lowest BCUT2D eigenvalue weighted by Gasteiger charge is -2.28. The number of aryl methyl sites for hydroxylation is 4. The van der Waals surface area contributed by atoms with Crippen molar-refractivity contribution in [2.75, 3.05) is 51.3 Å². The molecule has 0 radical (unpaired) electrons. The van der Waals surface area contributed by atoms with E-state index in [4.69, 9.17) is 19.4 Å². The summed E-state index contributed by atoms with van der Waals surface area (Å²) in [4.78, 5) is 72.7. The highest BCUT2D eigenvalue weighted by Gasteiger charge is 2.38. The second-order valence-corrected chi connectivity index (χ2v) is 17.6. The zero-order chi connectivity index (χ0) is 42.2. The van der Waals surface area contributed by atoms with E-state index in [-0.39, 0.29) is 23.9 Å². The number of aromatic nitrogens is 4. The molecule has 0 spiro atoms. The van der Waals surface area contributed by atoms with Crippen LogP contribution in [0.2, 0.25) is 0 Å². The number of H-pyrrole nitrogens is 2. The van der Waals surface area contributed by atoms with Crippen molar-refractivity contribution in [2.24, 2.45) is 0 Å². The Morgan fingerprint density at radius 1 is 0.700 bits per heavy atom. The number of imidazole rings is 2. The normalized spacial score (nSPS) is 18.5. The number of ether oxygens (including phenoxy) is 2. The van der Waals surface area contributed by atoms with Crippen LogP contribution in [0.4, 0.5) is 9.59 Å². The Morgan fingerprint density at radius 3 is 1.53 bits per heavy atom. The first kappa shape index (κ1) is 43.1. The van der Waals surface area contributed by atoms with Crippen LogP contribution in [0.15, 0.2) is 48.8 Å². The summed E-state index contributed by atoms with van der Waals surface area (Å²) in [6.45, 7) is 1.21. The third-order valence-electron chi connectivity index (χ3n) is 11.9. The van der Waals surface area contributed by atoms with E-state index < -0.39 is 24.3 Å². The van der Waals surface area contributed by atoms with Gasteiger partial charge in [-0.15, -0.1) is 0 Å². The Kier molecular flexibility index (Phi) is 14.4. The molecule has 14 nitrogen and oxygen atoms in total. The fourth-order valence-corrected chi connectivity index (χ4v) is 9.68. The van der Waals surface area contributed by atoms with Crippen molar-refractivity contribution in [1.82, 2.24) is 40.4 Å². The quantitative estimate of drug-likeness (QED) is 0.108. The number of alkyl carbamates (subject to hydrolysis) is 2. The minimum Gasteiger partial charge on any atom is -0.453 e. The first-order valence-corrected chi connectivity index (χ1v) is 23.6. The second-order valence-electron chi connectivity index (χ2n) is 15.6. The van der Waals surface area contributed by atoms with Crippen molar-refractivity contribution in [3.8, 4) is 22.5 Å². The summed E-state index contributed by atoms with van der Waals surface area (Å²) < 4.78 is 9.65. The summed E-state index contributed by atoms with van der Waals surface area (Å²) >= 11 is 3.27. The lowest BCUT2D eigenvalue weighted by molar-refractivity contribution is -0.135. The van der Waals surface area contributed by atoms with Gasteiger partial charge in [-0.1, -0.05) is 24.3 Å². The minimum atomic E-state index is -0.662. The summed E-state index contributed by atoms with van der Waals surface area (Å²) in [6.07, 6.45) is 14.3. The van der Waals surface area contributed by atoms with Crippen LogP contribution in [0.25, 0.3) is 22.5 Å². The van der Waals surface area contributed by atoms with E-state index in [2.05, 4.69) is 57.0 Å². The van der Waals surface area contributed by atoms with Gasteiger partial charge >= 0.3 is 12.2 Å². The molecule has 4 heterocycles. The van der Waals surface area contributed by atoms with E-state index in [1.165, 1.54) is 36.5 Å². The van der Waals surface area contributed by atoms with Gasteiger partial charge < -0.3 is 39.9 Å². The Bertz CT molecular complexity index is 2010. The fraction of sp³-hybridized carbons (Fsp3) is 0.500. The van der Waals surface area contributed by atoms with Crippen LogP contribution in [0.1, 0.15) is 84.5 Å². The number of rotatable bonds is 14. The number of amides is 4. The molecule has 2 aromatic heterocycles. The molecule has 4 atom stereocenters. The van der Waals surface area contributed by atoms with Crippen LogP contribution < -0.4 is 10.6 Å². The molecule has 2 aliphatic heterocycles. The van der Waals surface area contributed by atoms with Crippen molar-refractivity contribution in [3.05, 3.63) is 82.7 Å². The van der Waals surface area contributed by atoms with Gasteiger partial charge in [-0.3, -0.25) is 9.59 Å². The number of nitrogens with one attached hydrogen (secondary N) is 4. The van der Waals surface area contributed by atoms with Gasteiger partial charge in [0.05, 0.1) is 37.7 Å². The molecular formula is C44H56N8O6S2. The average molecular weight is 857 g/mol. The molecule has 4 aliphatic carbocycles. The van der Waals surface area contributed by atoms with Gasteiger partial charge in [0.15, 0.2) is 0 Å². The minimum absolute atomic E-state index is 0.112. The van der Waals surface area contributed by atoms with Crippen molar-refractivity contribution in [3.63, 3.8) is 0 Å². The second kappa shape index (κ2) is 20.1. The number of hydrogen-bond acceptors (Lipinski definition) is 10. The Balaban J connectivity index is 1.08. The predicted molar refractivity (Wildman–Crippen MR) is 235 cm³/mol. The molecule has 4 amide bonds. The topological polar surface area (TPSA) is 175 Å². The molecule has 10 rings (SSSR count). The summed E-state index contributed by atoms with van der Waals surface area (Å²) in [6, 6.07) is 11.7. The lowest BCUT2D eigenvalue weighted by atomic mass is 9.90. The average Bonchev–Trinajstić information content (AvgIpc) is 4.11. The van der Waals surface area contributed by atoms with Gasteiger partial charge in [0.25, 0.3) is 0 Å². The number of benzene rings is 2. The smallest absolute Gasteiger partial charge is 0.407 e. The molecule has 6 aliphatic rings. The SMILES string of the molecule is COC(=O)N[C@@H](CCSC)C(=O)N1CCC[C@H]1c1nc(-c2cc3ccc2CCc2ccc(c(-c4c[nH]c([C@@H]5CCCN5C(=O)[C@H](CCSC)NC(=O)OC)n4)c2)CC3)c[nH]1. The molecule has 2 aromatic carbocycles. The van der Waals surface area contributed by atoms with Crippen LogP contribution in [0, 0.1) is 0 Å². The van der Waals surface area contributed by atoms with Gasteiger partial charge in [0.2, 0.25) is 11.8 Å². The van der Waals surface area contributed by atoms with Gasteiger partial charge in [-0.05, 0) is 123 Å². The van der Waals surface area contributed by atoms with Crippen LogP contribution in [0.3, 0.4) is 0 Å². The Labute approximate surface area is 360 Å². The van der Waals surface area contributed by atoms with Crippen molar-refractivity contribution in [2.45, 2.75) is 88.4 Å². The van der Waals surface area contributed by atoms with Crippen LogP contribution in [-0.2, 0) is 44.7 Å². The number of likely N-dealkylation sites (tertiary alicyclic amines) is 2. The molecule has 4 bridgehead atoms. The number of carbonyl (C=O) groups excluding carboxylic acids is 4. The molecule has 2 fully saturated rings. The highest BCUT2D eigenvalue weighted by molar-refractivity contribution is 7.98. The largest absolute Gasteiger partial charge is 0.453 e. The van der Waals surface area contributed by atoms with Gasteiger partial charge in [-0.25, -0.2) is 19.6 Å². The first-order valence-electron chi connectivity index (χ1n) is 20.8. The molecule has 60 heavy (non-hydrogen) atoms. The van der Waals surface area contributed by atoms with Gasteiger partial charge in [0.1, 0.15) is 23.7 Å². The summed E-state index contributed by atoms with van der Waals surface area (Å²) in [5.41, 5.74) is 8.72. The number of methoxy groups -OCH3 is 2. The van der Waals surface area contributed by atoms with E-state index in [1.54, 1.807) is 23.5 Å². The van der Waals surface area contributed by atoms with E-state index in [9.17, 15) is 19.2 Å². The molecule has 4 aromatic rings. The molecule has 2 saturated heterocycles. The van der Waals surface area contributed by atoms with E-state index in [1.807, 2.05) is 34.7 Å². The Hall–Kier alpha value is -4.96. The molecule has 0 saturated carbocycles. The third-order valence-corrected chi connectivity index (χ3v) is 13.2. The van der Waals surface area contributed by atoms with Crippen molar-refractivity contribution >= 4 is 47.5 Å². The van der Waals surface area contributed by atoms with E-state index in [0.29, 0.717) is 25.9 Å². The fourth-order valence-electron chi connectivity index (χ4n) is 8.74. The molecular weight excluding hydrogens is 801 g/mol. The summed E-state index contributed by atoms with van der Waals surface area (Å²) in [7, 11) is 2.62. The molecule has 0 unspecified atom stereocenters. The zero-order valence-electron chi connectivity index (χ0n) is 34.9. The molecule has 16 heteroatoms. The molecule has 4 N–H and O–H groups in total. The highest BCUT2D eigenvalue weighted by Crippen LogP contribution is 2.36. The number of carbonyl (C=O) groups is 4. The number of thioether (sulfide) groups is 2. The van der Waals surface area contributed by atoms with Crippen molar-refractivity contribution < 1.29 is 28.7 Å². The number of aromatic amines is 2. The van der Waals surface area contributed by atoms with Crippen LogP contribution >= 0.6 is 23.5 Å². The monoisotopic (exact) mass is 856 g/mol. The van der Waals surface area contributed by atoms with Crippen LogP contribution in [-0.4, -0.2) is 117 Å². The maximum absolute atomic E-state index is 13.8. The first-order chi connectivity index (χ1) is 29.2. The number of nitrogens with zero attached hydrogens (tertiary/aromatic N) is 4. The third kappa shape index (κ3) is 9.80. The Morgan fingerprint density at radius 2 is 1.13 bits per heavy atom. The predicted octanol–water partition coefficient (Wildman–Crippen LogP) is 6.63. The van der Waals surface area contributed by atoms with Gasteiger partial charge in [0, 0.05) is 36.6 Å². The van der Waals surface area contributed by atoms with E-state index in [0.717, 1.165) is 97.0 Å².